The summed E-state index contributed by atoms with van der Waals surface area (Å²) in [4.78, 5) is 15.1. The summed E-state index contributed by atoms with van der Waals surface area (Å²) >= 11 is 0. The van der Waals surface area contributed by atoms with Crippen LogP contribution in [0.25, 0.3) is 0 Å². The average molecular weight is 220 g/mol. The molecule has 0 aliphatic heterocycles. The summed E-state index contributed by atoms with van der Waals surface area (Å²) in [6.07, 6.45) is 2.76. The second-order valence-corrected chi connectivity index (χ2v) is 3.67. The Bertz CT molecular complexity index is 455. The van der Waals surface area contributed by atoms with Crippen molar-refractivity contribution < 1.29 is 9.76 Å². The van der Waals surface area contributed by atoms with Gasteiger partial charge in [0.15, 0.2) is 0 Å². The molecule has 84 valence electrons. The van der Waals surface area contributed by atoms with Crippen molar-refractivity contribution >= 4 is 11.4 Å². The number of nitrogens with zero attached hydrogens (tertiary/aromatic N) is 2. The van der Waals surface area contributed by atoms with Crippen molar-refractivity contribution in [3.8, 4) is 0 Å². The van der Waals surface area contributed by atoms with Crippen molar-refractivity contribution in [3.05, 3.63) is 39.4 Å². The first-order valence-electron chi connectivity index (χ1n) is 5.10. The number of nitro benzene ring substituents is 1. The van der Waals surface area contributed by atoms with Crippen LogP contribution in [-0.4, -0.2) is 17.7 Å². The van der Waals surface area contributed by atoms with E-state index in [1.54, 1.807) is 12.1 Å². The predicted octanol–water partition coefficient (Wildman–Crippen LogP) is 2.28. The Morgan fingerprint density at radius 2 is 2.25 bits per heavy atom. The van der Waals surface area contributed by atoms with Gasteiger partial charge < -0.3 is 4.84 Å². The van der Waals surface area contributed by atoms with Gasteiger partial charge >= 0.3 is 0 Å². The van der Waals surface area contributed by atoms with Crippen LogP contribution in [-0.2, 0) is 11.3 Å². The zero-order valence-electron chi connectivity index (χ0n) is 8.97. The molecule has 0 radical (unpaired) electrons. The van der Waals surface area contributed by atoms with Crippen LogP contribution in [0.2, 0.25) is 0 Å². The van der Waals surface area contributed by atoms with E-state index in [1.807, 2.05) is 0 Å². The lowest BCUT2D eigenvalue weighted by Crippen LogP contribution is -2.12. The molecule has 0 amide bonds. The third-order valence-corrected chi connectivity index (χ3v) is 2.68. The normalized spacial score (nSPS) is 16.9. The van der Waals surface area contributed by atoms with Crippen LogP contribution in [0.3, 0.4) is 0 Å². The molecule has 5 heteroatoms. The molecule has 16 heavy (non-hydrogen) atoms. The highest BCUT2D eigenvalue weighted by Crippen LogP contribution is 2.25. The molecule has 5 nitrogen and oxygen atoms in total. The maximum absolute atomic E-state index is 10.7. The fourth-order valence-electron chi connectivity index (χ4n) is 1.95. The van der Waals surface area contributed by atoms with E-state index in [1.165, 1.54) is 13.2 Å². The Hall–Kier alpha value is -1.91. The Labute approximate surface area is 92.9 Å². The summed E-state index contributed by atoms with van der Waals surface area (Å²) in [7, 11) is 1.48. The molecule has 0 atom stereocenters. The van der Waals surface area contributed by atoms with Crippen molar-refractivity contribution in [2.45, 2.75) is 19.3 Å². The molecule has 0 bridgehead atoms. The number of hydrogen-bond donors (Lipinski definition) is 0. The SMILES string of the molecule is CON=C1CCCc2ccc([N+](=O)[O-])cc21. The minimum absolute atomic E-state index is 0.101. The highest BCUT2D eigenvalue weighted by atomic mass is 16.6. The van der Waals surface area contributed by atoms with Gasteiger partial charge in [0, 0.05) is 17.7 Å². The van der Waals surface area contributed by atoms with Gasteiger partial charge in [-0.2, -0.15) is 0 Å². The van der Waals surface area contributed by atoms with Crippen LogP contribution < -0.4 is 0 Å². The molecule has 0 N–H and O–H groups in total. The molecule has 1 aromatic rings. The molecule has 2 rings (SSSR count). The van der Waals surface area contributed by atoms with Crippen LogP contribution in [0.5, 0.6) is 0 Å². The monoisotopic (exact) mass is 220 g/mol. The quantitative estimate of drug-likeness (QED) is 0.567. The lowest BCUT2D eigenvalue weighted by atomic mass is 9.90. The van der Waals surface area contributed by atoms with E-state index >= 15 is 0 Å². The Morgan fingerprint density at radius 1 is 1.44 bits per heavy atom. The number of fused-ring (bicyclic) bond motifs is 1. The van der Waals surface area contributed by atoms with E-state index in [4.69, 9.17) is 4.84 Å². The Morgan fingerprint density at radius 3 is 2.94 bits per heavy atom. The van der Waals surface area contributed by atoms with Gasteiger partial charge in [0.1, 0.15) is 7.11 Å². The summed E-state index contributed by atoms with van der Waals surface area (Å²) < 4.78 is 0. The lowest BCUT2D eigenvalue weighted by Gasteiger charge is -2.16. The summed E-state index contributed by atoms with van der Waals surface area (Å²) in [6.45, 7) is 0. The Balaban J connectivity index is 2.48. The van der Waals surface area contributed by atoms with E-state index in [0.717, 1.165) is 36.1 Å². The van der Waals surface area contributed by atoms with Gasteiger partial charge in [-0.05, 0) is 24.8 Å². The predicted molar refractivity (Wildman–Crippen MR) is 59.6 cm³/mol. The number of rotatable bonds is 2. The minimum Gasteiger partial charge on any atom is -0.399 e. The number of non-ortho nitro benzene ring substituents is 1. The molecular formula is C11H12N2O3. The first-order chi connectivity index (χ1) is 7.72. The third-order valence-electron chi connectivity index (χ3n) is 2.68. The summed E-state index contributed by atoms with van der Waals surface area (Å²) in [5, 5.41) is 14.6. The van der Waals surface area contributed by atoms with Crippen molar-refractivity contribution in [1.82, 2.24) is 0 Å². The first kappa shape index (κ1) is 10.6. The molecule has 0 unspecified atom stereocenters. The van der Waals surface area contributed by atoms with E-state index in [9.17, 15) is 10.1 Å². The van der Waals surface area contributed by atoms with Gasteiger partial charge in [-0.25, -0.2) is 0 Å². The molecule has 1 aliphatic carbocycles. The van der Waals surface area contributed by atoms with Crippen molar-refractivity contribution in [1.29, 1.82) is 0 Å². The van der Waals surface area contributed by atoms with E-state index in [0.29, 0.717) is 0 Å². The van der Waals surface area contributed by atoms with Crippen molar-refractivity contribution in [3.63, 3.8) is 0 Å². The number of benzene rings is 1. The van der Waals surface area contributed by atoms with Gasteiger partial charge in [-0.15, -0.1) is 0 Å². The molecule has 0 spiro atoms. The second-order valence-electron chi connectivity index (χ2n) is 3.67. The number of oxime groups is 1. The fourth-order valence-corrected chi connectivity index (χ4v) is 1.95. The molecule has 0 saturated heterocycles. The zero-order chi connectivity index (χ0) is 11.5. The van der Waals surface area contributed by atoms with Gasteiger partial charge in [0.25, 0.3) is 5.69 Å². The molecule has 1 aromatic carbocycles. The molecule has 0 aromatic heterocycles. The van der Waals surface area contributed by atoms with Crippen molar-refractivity contribution in [2.24, 2.45) is 5.16 Å². The number of nitro groups is 1. The van der Waals surface area contributed by atoms with E-state index in [2.05, 4.69) is 5.16 Å². The highest BCUT2D eigenvalue weighted by Gasteiger charge is 2.19. The smallest absolute Gasteiger partial charge is 0.270 e. The zero-order valence-corrected chi connectivity index (χ0v) is 8.97. The molecule has 0 fully saturated rings. The second kappa shape index (κ2) is 4.30. The lowest BCUT2D eigenvalue weighted by molar-refractivity contribution is -0.384. The Kier molecular flexibility index (Phi) is 2.85. The van der Waals surface area contributed by atoms with Gasteiger partial charge in [-0.3, -0.25) is 10.1 Å². The summed E-state index contributed by atoms with van der Waals surface area (Å²) in [5.74, 6) is 0. The minimum atomic E-state index is -0.390. The van der Waals surface area contributed by atoms with Crippen LogP contribution in [0, 0.1) is 10.1 Å². The third kappa shape index (κ3) is 1.88. The molecular weight excluding hydrogens is 208 g/mol. The maximum atomic E-state index is 10.7. The summed E-state index contributed by atoms with van der Waals surface area (Å²) in [5.41, 5.74) is 2.85. The van der Waals surface area contributed by atoms with Crippen LogP contribution in [0.15, 0.2) is 23.4 Å². The molecule has 1 aliphatic rings. The average Bonchev–Trinajstić information content (AvgIpc) is 2.29. The van der Waals surface area contributed by atoms with Gasteiger partial charge in [-0.1, -0.05) is 11.2 Å². The highest BCUT2D eigenvalue weighted by molar-refractivity contribution is 6.02. The maximum Gasteiger partial charge on any atom is 0.270 e. The number of hydrogen-bond acceptors (Lipinski definition) is 4. The topological polar surface area (TPSA) is 64.7 Å². The summed E-state index contributed by atoms with van der Waals surface area (Å²) in [6, 6.07) is 4.92. The van der Waals surface area contributed by atoms with Crippen molar-refractivity contribution in [2.75, 3.05) is 7.11 Å². The van der Waals surface area contributed by atoms with Gasteiger partial charge in [0.2, 0.25) is 0 Å². The van der Waals surface area contributed by atoms with E-state index in [-0.39, 0.29) is 10.6 Å². The standard InChI is InChI=1S/C11H12N2O3/c1-16-12-11-4-2-3-8-5-6-9(13(14)15)7-10(8)11/h5-7H,2-4H2,1H3. The molecule has 0 heterocycles. The largest absolute Gasteiger partial charge is 0.399 e. The van der Waals surface area contributed by atoms with Crippen LogP contribution in [0.1, 0.15) is 24.0 Å². The van der Waals surface area contributed by atoms with Crippen LogP contribution in [0.4, 0.5) is 5.69 Å². The fraction of sp³-hybridized carbons (Fsp3) is 0.364. The van der Waals surface area contributed by atoms with Crippen LogP contribution >= 0.6 is 0 Å². The first-order valence-corrected chi connectivity index (χ1v) is 5.10. The number of aryl methyl sites for hydroxylation is 1. The van der Waals surface area contributed by atoms with Gasteiger partial charge in [0.05, 0.1) is 10.6 Å². The molecule has 0 saturated carbocycles. The van der Waals surface area contributed by atoms with E-state index < -0.39 is 0 Å².